The van der Waals surface area contributed by atoms with Crippen LogP contribution < -0.4 is 0 Å². The van der Waals surface area contributed by atoms with E-state index in [1.54, 1.807) is 12.1 Å². The highest BCUT2D eigenvalue weighted by Gasteiger charge is 2.19. The lowest BCUT2D eigenvalue weighted by atomic mass is 9.89. The van der Waals surface area contributed by atoms with Gasteiger partial charge in [-0.25, -0.2) is 4.39 Å². The van der Waals surface area contributed by atoms with Gasteiger partial charge >= 0.3 is 0 Å². The first-order valence-electron chi connectivity index (χ1n) is 6.06. The van der Waals surface area contributed by atoms with Crippen LogP contribution in [-0.4, -0.2) is 24.5 Å². The molecule has 0 spiro atoms. The monoisotopic (exact) mass is 220 g/mol. The summed E-state index contributed by atoms with van der Waals surface area (Å²) in [6, 6.07) is 6.99. The third kappa shape index (κ3) is 2.82. The van der Waals surface area contributed by atoms with Crippen LogP contribution in [0.15, 0.2) is 24.3 Å². The first kappa shape index (κ1) is 11.6. The second-order valence-corrected chi connectivity index (χ2v) is 4.52. The normalized spacial score (nSPS) is 18.9. The van der Waals surface area contributed by atoms with E-state index in [4.69, 9.17) is 0 Å². The highest BCUT2D eigenvalue weighted by Crippen LogP contribution is 2.27. The van der Waals surface area contributed by atoms with Crippen molar-refractivity contribution in [3.05, 3.63) is 42.6 Å². The Morgan fingerprint density at radius 2 is 1.81 bits per heavy atom. The van der Waals surface area contributed by atoms with Crippen LogP contribution in [0, 0.1) is 12.7 Å². The van der Waals surface area contributed by atoms with Gasteiger partial charge in [0.25, 0.3) is 0 Å². The van der Waals surface area contributed by atoms with Crippen molar-refractivity contribution in [1.29, 1.82) is 0 Å². The minimum Gasteiger partial charge on any atom is -0.303 e. The fourth-order valence-electron chi connectivity index (χ4n) is 2.45. The number of benzene rings is 1. The second kappa shape index (κ2) is 5.44. The van der Waals surface area contributed by atoms with Crippen LogP contribution in [-0.2, 0) is 0 Å². The molecular weight excluding hydrogens is 201 g/mol. The van der Waals surface area contributed by atoms with Gasteiger partial charge in [0.05, 0.1) is 0 Å². The minimum atomic E-state index is -0.141. The van der Waals surface area contributed by atoms with Crippen LogP contribution in [0.25, 0.3) is 0 Å². The number of hydrogen-bond acceptors (Lipinski definition) is 1. The molecule has 0 aliphatic carbocycles. The molecule has 87 valence electrons. The molecule has 1 aromatic carbocycles. The van der Waals surface area contributed by atoms with Crippen LogP contribution >= 0.6 is 0 Å². The summed E-state index contributed by atoms with van der Waals surface area (Å²) in [4.78, 5) is 2.47. The molecule has 0 atom stereocenters. The van der Waals surface area contributed by atoms with Gasteiger partial charge in [-0.2, -0.15) is 0 Å². The second-order valence-electron chi connectivity index (χ2n) is 4.52. The van der Waals surface area contributed by atoms with E-state index >= 15 is 0 Å². The highest BCUT2D eigenvalue weighted by atomic mass is 19.1. The van der Waals surface area contributed by atoms with Crippen LogP contribution in [0.3, 0.4) is 0 Å². The number of nitrogens with zero attached hydrogens (tertiary/aromatic N) is 1. The summed E-state index contributed by atoms with van der Waals surface area (Å²) in [5.41, 5.74) is 1.29. The van der Waals surface area contributed by atoms with Crippen LogP contribution in [0.5, 0.6) is 0 Å². The molecular formula is C14H19FN. The maximum atomic E-state index is 12.8. The van der Waals surface area contributed by atoms with E-state index in [2.05, 4.69) is 11.8 Å². The van der Waals surface area contributed by atoms with E-state index < -0.39 is 0 Å². The third-order valence-corrected chi connectivity index (χ3v) is 3.40. The molecule has 0 N–H and O–H groups in total. The zero-order chi connectivity index (χ0) is 11.4. The van der Waals surface area contributed by atoms with Gasteiger partial charge < -0.3 is 4.90 Å². The molecule has 1 aromatic rings. The molecule has 1 nitrogen and oxygen atoms in total. The van der Waals surface area contributed by atoms with Crippen LogP contribution in [0.4, 0.5) is 4.39 Å². The Morgan fingerprint density at radius 3 is 2.38 bits per heavy atom. The zero-order valence-electron chi connectivity index (χ0n) is 9.66. The molecule has 16 heavy (non-hydrogen) atoms. The van der Waals surface area contributed by atoms with Gasteiger partial charge in [-0.15, -0.1) is 0 Å². The molecule has 1 heterocycles. The van der Waals surface area contributed by atoms with Gasteiger partial charge in [-0.1, -0.05) is 19.1 Å². The zero-order valence-corrected chi connectivity index (χ0v) is 9.66. The minimum absolute atomic E-state index is 0.141. The standard InChI is InChI=1S/C14H19FN/c1-2-9-16-10-7-13(8-11-16)12-3-5-14(15)6-4-12/h3-6,13H,1-2,7-11H2. The summed E-state index contributed by atoms with van der Waals surface area (Å²) in [5.74, 6) is 0.472. The lowest BCUT2D eigenvalue weighted by Gasteiger charge is -2.31. The molecule has 1 radical (unpaired) electrons. The van der Waals surface area contributed by atoms with Crippen molar-refractivity contribution < 1.29 is 4.39 Å². The SMILES string of the molecule is [CH2]CCN1CCC(c2ccc(F)cc2)CC1. The average molecular weight is 220 g/mol. The maximum absolute atomic E-state index is 12.8. The van der Waals surface area contributed by atoms with Crippen molar-refractivity contribution in [2.45, 2.75) is 25.2 Å². The van der Waals surface area contributed by atoms with Gasteiger partial charge in [-0.3, -0.25) is 0 Å². The quantitative estimate of drug-likeness (QED) is 0.756. The Kier molecular flexibility index (Phi) is 3.94. The van der Waals surface area contributed by atoms with Crippen LogP contribution in [0.2, 0.25) is 0 Å². The van der Waals surface area contributed by atoms with Crippen molar-refractivity contribution in [3.8, 4) is 0 Å². The van der Waals surface area contributed by atoms with E-state index in [1.165, 1.54) is 18.4 Å². The van der Waals surface area contributed by atoms with Crippen molar-refractivity contribution in [2.75, 3.05) is 19.6 Å². The Bertz CT molecular complexity index is 312. The summed E-state index contributed by atoms with van der Waals surface area (Å²) < 4.78 is 12.8. The van der Waals surface area contributed by atoms with Crippen LogP contribution in [0.1, 0.15) is 30.7 Å². The lowest BCUT2D eigenvalue weighted by molar-refractivity contribution is 0.215. The highest BCUT2D eigenvalue weighted by molar-refractivity contribution is 5.21. The molecule has 0 bridgehead atoms. The largest absolute Gasteiger partial charge is 0.303 e. The summed E-state index contributed by atoms with van der Waals surface area (Å²) in [6.07, 6.45) is 3.36. The average Bonchev–Trinajstić information content (AvgIpc) is 2.32. The molecule has 2 heteroatoms. The fraction of sp³-hybridized carbons (Fsp3) is 0.500. The van der Waals surface area contributed by atoms with Crippen molar-refractivity contribution in [2.24, 2.45) is 0 Å². The van der Waals surface area contributed by atoms with E-state index in [9.17, 15) is 4.39 Å². The topological polar surface area (TPSA) is 3.24 Å². The Labute approximate surface area is 97.3 Å². The third-order valence-electron chi connectivity index (χ3n) is 3.40. The van der Waals surface area contributed by atoms with Gasteiger partial charge in [0.2, 0.25) is 0 Å². The molecule has 0 saturated carbocycles. The maximum Gasteiger partial charge on any atom is 0.123 e. The molecule has 2 rings (SSSR count). The first-order valence-corrected chi connectivity index (χ1v) is 6.06. The molecule has 0 unspecified atom stereocenters. The first-order chi connectivity index (χ1) is 7.79. The number of rotatable bonds is 3. The summed E-state index contributed by atoms with van der Waals surface area (Å²) in [6.45, 7) is 7.29. The van der Waals surface area contributed by atoms with Gasteiger partial charge in [0.1, 0.15) is 5.82 Å². The molecule has 1 fully saturated rings. The molecule has 0 aromatic heterocycles. The molecule has 1 aliphatic heterocycles. The van der Waals surface area contributed by atoms with E-state index in [0.717, 1.165) is 26.1 Å². The van der Waals surface area contributed by atoms with Gasteiger partial charge in [0, 0.05) is 0 Å². The number of halogens is 1. The summed E-state index contributed by atoms with van der Waals surface area (Å²) in [5, 5.41) is 0. The summed E-state index contributed by atoms with van der Waals surface area (Å²) >= 11 is 0. The van der Waals surface area contributed by atoms with Crippen molar-refractivity contribution in [3.63, 3.8) is 0 Å². The number of likely N-dealkylation sites (tertiary alicyclic amines) is 1. The number of hydrogen-bond donors (Lipinski definition) is 0. The molecule has 0 amide bonds. The fourth-order valence-corrected chi connectivity index (χ4v) is 2.45. The lowest BCUT2D eigenvalue weighted by Crippen LogP contribution is -2.33. The molecule has 1 saturated heterocycles. The summed E-state index contributed by atoms with van der Waals surface area (Å²) in [7, 11) is 0. The predicted octanol–water partition coefficient (Wildman–Crippen LogP) is 3.23. The van der Waals surface area contributed by atoms with E-state index in [0.29, 0.717) is 5.92 Å². The van der Waals surface area contributed by atoms with Crippen molar-refractivity contribution in [1.82, 2.24) is 4.90 Å². The van der Waals surface area contributed by atoms with Gasteiger partial charge in [-0.05, 0) is 62.5 Å². The molecule has 1 aliphatic rings. The van der Waals surface area contributed by atoms with Gasteiger partial charge in [0.15, 0.2) is 0 Å². The van der Waals surface area contributed by atoms with E-state index in [1.807, 2.05) is 12.1 Å². The predicted molar refractivity (Wildman–Crippen MR) is 64.8 cm³/mol. The Morgan fingerprint density at radius 1 is 1.19 bits per heavy atom. The smallest absolute Gasteiger partial charge is 0.123 e. The van der Waals surface area contributed by atoms with E-state index in [-0.39, 0.29) is 5.82 Å². The number of piperidine rings is 1. The van der Waals surface area contributed by atoms with Crippen molar-refractivity contribution >= 4 is 0 Å². The Hall–Kier alpha value is -0.890. The Balaban J connectivity index is 1.91.